The minimum Gasteiger partial charge on any atom is -0.457 e. The van der Waals surface area contributed by atoms with Crippen LogP contribution in [0.25, 0.3) is 0 Å². The molecule has 2 bridgehead atoms. The zero-order valence-electron chi connectivity index (χ0n) is 14.2. The van der Waals surface area contributed by atoms with Gasteiger partial charge < -0.3 is 15.6 Å². The summed E-state index contributed by atoms with van der Waals surface area (Å²) in [5, 5.41) is 10.8. The molecule has 3 aliphatic heterocycles. The van der Waals surface area contributed by atoms with Crippen LogP contribution in [0.15, 0.2) is 12.1 Å². The van der Waals surface area contributed by atoms with Gasteiger partial charge in [0.05, 0.1) is 11.7 Å². The van der Waals surface area contributed by atoms with Crippen LogP contribution < -0.4 is 5.73 Å². The summed E-state index contributed by atoms with van der Waals surface area (Å²) >= 11 is 0. The van der Waals surface area contributed by atoms with Crippen LogP contribution in [-0.2, 0) is 11.3 Å². The first-order chi connectivity index (χ1) is 11.5. The van der Waals surface area contributed by atoms with Crippen molar-refractivity contribution >= 4 is 5.97 Å². The Hall–Kier alpha value is -1.43. The second-order valence-corrected chi connectivity index (χ2v) is 7.68. The molecular formula is C19H26N2O3. The fourth-order valence-electron chi connectivity index (χ4n) is 4.79. The molecule has 3 fully saturated rings. The first-order valence-electron chi connectivity index (χ1n) is 9.00. The fourth-order valence-corrected chi connectivity index (χ4v) is 4.79. The molecule has 1 aromatic rings. The van der Waals surface area contributed by atoms with Crippen LogP contribution in [0.1, 0.15) is 58.8 Å². The topological polar surface area (TPSA) is 75.8 Å². The molecule has 3 heterocycles. The first-order valence-corrected chi connectivity index (χ1v) is 9.00. The molecule has 0 radical (unpaired) electrons. The average Bonchev–Trinajstić information content (AvgIpc) is 2.73. The van der Waals surface area contributed by atoms with Crippen molar-refractivity contribution in [2.75, 3.05) is 13.1 Å². The van der Waals surface area contributed by atoms with Gasteiger partial charge in [-0.05, 0) is 55.7 Å². The first kappa shape index (κ1) is 16.1. The summed E-state index contributed by atoms with van der Waals surface area (Å²) in [5.74, 6) is 0.408. The predicted octanol–water partition coefficient (Wildman–Crippen LogP) is 1.90. The Morgan fingerprint density at radius 3 is 3.04 bits per heavy atom. The summed E-state index contributed by atoms with van der Waals surface area (Å²) in [5.41, 5.74) is 9.69. The van der Waals surface area contributed by atoms with Crippen molar-refractivity contribution in [1.82, 2.24) is 4.90 Å². The average molecular weight is 330 g/mol. The fraction of sp³-hybridized carbons (Fsp3) is 0.632. The number of ether oxygens (including phenoxy) is 1. The molecule has 5 nitrogen and oxygen atoms in total. The normalized spacial score (nSPS) is 30.8. The number of fused-ring (bicyclic) bond motifs is 5. The van der Waals surface area contributed by atoms with Gasteiger partial charge in [0.1, 0.15) is 6.61 Å². The van der Waals surface area contributed by atoms with Crippen LogP contribution in [0.2, 0.25) is 0 Å². The van der Waals surface area contributed by atoms with Gasteiger partial charge in [0.2, 0.25) is 0 Å². The third-order valence-corrected chi connectivity index (χ3v) is 6.10. The minimum absolute atomic E-state index is 0.257. The summed E-state index contributed by atoms with van der Waals surface area (Å²) in [7, 11) is 0. The van der Waals surface area contributed by atoms with Crippen LogP contribution in [0.4, 0.5) is 0 Å². The van der Waals surface area contributed by atoms with Crippen molar-refractivity contribution < 1.29 is 14.6 Å². The lowest BCUT2D eigenvalue weighted by atomic mass is 9.92. The lowest BCUT2D eigenvalue weighted by Gasteiger charge is -2.38. The second-order valence-electron chi connectivity index (χ2n) is 7.68. The van der Waals surface area contributed by atoms with E-state index in [1.54, 1.807) is 6.07 Å². The number of benzene rings is 1. The minimum atomic E-state index is -0.540. The van der Waals surface area contributed by atoms with E-state index in [1.165, 1.54) is 12.8 Å². The van der Waals surface area contributed by atoms with E-state index in [0.717, 1.165) is 36.1 Å². The molecule has 0 spiro atoms. The number of aliphatic hydroxyl groups is 1. The van der Waals surface area contributed by atoms with E-state index in [1.807, 2.05) is 13.0 Å². The van der Waals surface area contributed by atoms with E-state index >= 15 is 0 Å². The SMILES string of the molecule is Cc1c(C(O)CN2CC3CCC2CC(N)C3)ccc2c1COC2=O. The van der Waals surface area contributed by atoms with Gasteiger partial charge in [-0.25, -0.2) is 4.79 Å². The van der Waals surface area contributed by atoms with Gasteiger partial charge in [-0.2, -0.15) is 0 Å². The number of cyclic esters (lactones) is 1. The molecule has 5 rings (SSSR count). The van der Waals surface area contributed by atoms with E-state index in [2.05, 4.69) is 4.90 Å². The Morgan fingerprint density at radius 2 is 2.21 bits per heavy atom. The molecule has 4 atom stereocenters. The molecule has 4 aliphatic rings. The number of aliphatic hydroxyl groups excluding tert-OH is 1. The number of rotatable bonds is 3. The van der Waals surface area contributed by atoms with Crippen LogP contribution in [-0.4, -0.2) is 41.1 Å². The van der Waals surface area contributed by atoms with Gasteiger partial charge in [0.25, 0.3) is 0 Å². The summed E-state index contributed by atoms with van der Waals surface area (Å²) in [6, 6.07) is 4.47. The van der Waals surface area contributed by atoms with E-state index in [0.29, 0.717) is 36.7 Å². The molecular weight excluding hydrogens is 304 g/mol. The van der Waals surface area contributed by atoms with Crippen molar-refractivity contribution in [3.8, 4) is 0 Å². The predicted molar refractivity (Wildman–Crippen MR) is 90.6 cm³/mol. The van der Waals surface area contributed by atoms with E-state index < -0.39 is 6.10 Å². The van der Waals surface area contributed by atoms with E-state index in [9.17, 15) is 9.90 Å². The Balaban J connectivity index is 1.53. The van der Waals surface area contributed by atoms with Gasteiger partial charge >= 0.3 is 5.97 Å². The lowest BCUT2D eigenvalue weighted by molar-refractivity contribution is 0.0534. The molecule has 0 amide bonds. The van der Waals surface area contributed by atoms with Gasteiger partial charge in [-0.15, -0.1) is 0 Å². The van der Waals surface area contributed by atoms with Crippen molar-refractivity contribution in [3.05, 3.63) is 34.4 Å². The third kappa shape index (κ3) is 2.75. The highest BCUT2D eigenvalue weighted by atomic mass is 16.5. The Kier molecular flexibility index (Phi) is 4.11. The summed E-state index contributed by atoms with van der Waals surface area (Å²) < 4.78 is 5.11. The maximum atomic E-state index is 11.7. The van der Waals surface area contributed by atoms with E-state index in [-0.39, 0.29) is 5.97 Å². The number of hydrogen-bond acceptors (Lipinski definition) is 5. The van der Waals surface area contributed by atoms with Crippen molar-refractivity contribution in [2.24, 2.45) is 11.7 Å². The molecule has 1 aromatic carbocycles. The van der Waals surface area contributed by atoms with Gasteiger partial charge in [0.15, 0.2) is 0 Å². The number of nitrogens with zero attached hydrogens (tertiary/aromatic N) is 1. The highest BCUT2D eigenvalue weighted by Crippen LogP contribution is 2.35. The van der Waals surface area contributed by atoms with Gasteiger partial charge in [-0.1, -0.05) is 6.07 Å². The summed E-state index contributed by atoms with van der Waals surface area (Å²) in [6.45, 7) is 3.98. The summed E-state index contributed by atoms with van der Waals surface area (Å²) in [6.07, 6.45) is 4.06. The summed E-state index contributed by atoms with van der Waals surface area (Å²) in [4.78, 5) is 14.1. The smallest absolute Gasteiger partial charge is 0.338 e. The van der Waals surface area contributed by atoms with Crippen molar-refractivity contribution in [2.45, 2.75) is 57.4 Å². The number of nitrogens with two attached hydrogens (primary N) is 1. The molecule has 0 aromatic heterocycles. The zero-order chi connectivity index (χ0) is 16.8. The maximum Gasteiger partial charge on any atom is 0.338 e. The second kappa shape index (κ2) is 6.14. The monoisotopic (exact) mass is 330 g/mol. The van der Waals surface area contributed by atoms with Crippen LogP contribution in [0.5, 0.6) is 0 Å². The van der Waals surface area contributed by atoms with Crippen LogP contribution >= 0.6 is 0 Å². The Morgan fingerprint density at radius 1 is 1.38 bits per heavy atom. The molecule has 1 aliphatic carbocycles. The molecule has 4 unspecified atom stereocenters. The molecule has 5 heteroatoms. The zero-order valence-corrected chi connectivity index (χ0v) is 14.2. The molecule has 1 saturated carbocycles. The lowest BCUT2D eigenvalue weighted by Crippen LogP contribution is -2.43. The quantitative estimate of drug-likeness (QED) is 0.828. The molecule has 130 valence electrons. The number of hydrogen-bond donors (Lipinski definition) is 2. The third-order valence-electron chi connectivity index (χ3n) is 6.10. The highest BCUT2D eigenvalue weighted by Gasteiger charge is 2.35. The Labute approximate surface area is 142 Å². The van der Waals surface area contributed by atoms with Gasteiger partial charge in [0, 0.05) is 30.7 Å². The number of piperidine rings is 1. The largest absolute Gasteiger partial charge is 0.457 e. The molecule has 2 saturated heterocycles. The van der Waals surface area contributed by atoms with Gasteiger partial charge in [-0.3, -0.25) is 4.90 Å². The molecule has 24 heavy (non-hydrogen) atoms. The number of esters is 1. The Bertz CT molecular complexity index is 660. The van der Waals surface area contributed by atoms with E-state index in [4.69, 9.17) is 10.5 Å². The number of carbonyl (C=O) groups is 1. The standard InChI is InChI=1S/C19H26N2O3/c1-11-15(4-5-16-17(11)10-24-19(16)23)18(22)9-21-8-12-2-3-14(21)7-13(20)6-12/h4-5,12-14,18,22H,2-3,6-10,20H2,1H3. The molecule has 3 N–H and O–H groups in total. The van der Waals surface area contributed by atoms with Crippen molar-refractivity contribution in [3.63, 3.8) is 0 Å². The van der Waals surface area contributed by atoms with Crippen molar-refractivity contribution in [1.29, 1.82) is 0 Å². The van der Waals surface area contributed by atoms with Crippen LogP contribution in [0.3, 0.4) is 0 Å². The number of carbonyl (C=O) groups excluding carboxylic acids is 1. The highest BCUT2D eigenvalue weighted by molar-refractivity contribution is 5.93. The maximum absolute atomic E-state index is 11.7. The van der Waals surface area contributed by atoms with Crippen LogP contribution in [0, 0.1) is 12.8 Å².